The third-order valence-corrected chi connectivity index (χ3v) is 2.56. The van der Waals surface area contributed by atoms with E-state index in [9.17, 15) is 9.18 Å². The lowest BCUT2D eigenvalue weighted by atomic mass is 10.3. The van der Waals surface area contributed by atoms with Crippen molar-refractivity contribution in [2.24, 2.45) is 0 Å². The Bertz CT molecular complexity index is 569. The number of carbonyl (C=O) groups excluding carboxylic acids is 1. The molecule has 0 atom stereocenters. The van der Waals surface area contributed by atoms with Gasteiger partial charge in [0.1, 0.15) is 11.5 Å². The van der Waals surface area contributed by atoms with Gasteiger partial charge in [0.15, 0.2) is 0 Å². The Labute approximate surface area is 110 Å². The maximum absolute atomic E-state index is 12.9. The minimum absolute atomic E-state index is 0.185. The van der Waals surface area contributed by atoms with Gasteiger partial charge in [0.25, 0.3) is 5.91 Å². The molecular weight excluding hydrogens is 249 g/mol. The number of carbonyl (C=O) groups is 1. The summed E-state index contributed by atoms with van der Waals surface area (Å²) < 4.78 is 19.7. The largest absolute Gasteiger partial charge is 0.383 e. The van der Waals surface area contributed by atoms with E-state index in [1.807, 2.05) is 0 Å². The number of anilines is 1. The third-order valence-electron chi connectivity index (χ3n) is 2.56. The van der Waals surface area contributed by atoms with Gasteiger partial charge in [-0.25, -0.2) is 4.98 Å². The van der Waals surface area contributed by atoms with Crippen molar-refractivity contribution in [2.75, 3.05) is 19.0 Å². The Kier molecular flexibility index (Phi) is 4.25. The number of hydrogen-bond donors (Lipinski definition) is 1. The fourth-order valence-electron chi connectivity index (χ4n) is 1.66. The topological polar surface area (TPSA) is 56.1 Å². The van der Waals surface area contributed by atoms with Crippen molar-refractivity contribution in [1.82, 2.24) is 9.55 Å². The highest BCUT2D eigenvalue weighted by atomic mass is 19.1. The van der Waals surface area contributed by atoms with Gasteiger partial charge in [-0.3, -0.25) is 4.79 Å². The highest BCUT2D eigenvalue weighted by Crippen LogP contribution is 2.08. The molecule has 0 saturated carbocycles. The molecule has 0 radical (unpaired) electrons. The molecule has 19 heavy (non-hydrogen) atoms. The lowest BCUT2D eigenvalue weighted by Gasteiger charge is -2.08. The molecule has 5 nitrogen and oxygen atoms in total. The number of nitrogens with zero attached hydrogens (tertiary/aromatic N) is 2. The van der Waals surface area contributed by atoms with Crippen LogP contribution in [-0.2, 0) is 11.3 Å². The molecule has 0 fully saturated rings. The normalized spacial score (nSPS) is 10.4. The first kappa shape index (κ1) is 13.2. The summed E-state index contributed by atoms with van der Waals surface area (Å²) in [5.41, 5.74) is 0.475. The van der Waals surface area contributed by atoms with Gasteiger partial charge in [0, 0.05) is 19.9 Å². The van der Waals surface area contributed by atoms with Crippen LogP contribution in [0.5, 0.6) is 0 Å². The first-order valence-electron chi connectivity index (χ1n) is 5.78. The van der Waals surface area contributed by atoms with Crippen LogP contribution < -0.4 is 5.32 Å². The number of methoxy groups -OCH3 is 1. The molecule has 1 amide bonds. The van der Waals surface area contributed by atoms with E-state index in [0.717, 1.165) is 0 Å². The summed E-state index contributed by atoms with van der Waals surface area (Å²) in [6.45, 7) is 1.08. The number of halogens is 1. The second kappa shape index (κ2) is 6.10. The second-order valence-corrected chi connectivity index (χ2v) is 3.88. The first-order chi connectivity index (χ1) is 9.20. The fourth-order valence-corrected chi connectivity index (χ4v) is 1.66. The number of aromatic nitrogens is 2. The van der Waals surface area contributed by atoms with Crippen molar-refractivity contribution in [3.8, 4) is 0 Å². The van der Waals surface area contributed by atoms with Gasteiger partial charge in [-0.05, 0) is 24.3 Å². The fraction of sp³-hybridized carbons (Fsp3) is 0.231. The first-order valence-corrected chi connectivity index (χ1v) is 5.78. The summed E-state index contributed by atoms with van der Waals surface area (Å²) in [4.78, 5) is 15.6. The van der Waals surface area contributed by atoms with Crippen molar-refractivity contribution in [1.29, 1.82) is 0 Å². The summed E-state index contributed by atoms with van der Waals surface area (Å²) in [6, 6.07) is 7.69. The number of rotatable bonds is 5. The summed E-state index contributed by atoms with van der Waals surface area (Å²) in [5, 5.41) is 2.55. The predicted molar refractivity (Wildman–Crippen MR) is 68.5 cm³/mol. The molecule has 0 saturated heterocycles. The van der Waals surface area contributed by atoms with Crippen LogP contribution >= 0.6 is 0 Å². The van der Waals surface area contributed by atoms with Gasteiger partial charge < -0.3 is 14.6 Å². The molecule has 1 N–H and O–H groups in total. The maximum atomic E-state index is 12.9. The van der Waals surface area contributed by atoms with Crippen molar-refractivity contribution in [3.63, 3.8) is 0 Å². The standard InChI is InChI=1S/C13H14FN3O2/c1-19-9-8-17-7-3-4-10(17)13(18)16-12-6-2-5-11(14)15-12/h2-7H,8-9H2,1H3,(H,15,16,18). The number of amides is 1. The summed E-state index contributed by atoms with van der Waals surface area (Å²) in [5.74, 6) is -0.781. The zero-order chi connectivity index (χ0) is 13.7. The second-order valence-electron chi connectivity index (χ2n) is 3.88. The van der Waals surface area contributed by atoms with E-state index in [4.69, 9.17) is 4.74 Å². The lowest BCUT2D eigenvalue weighted by molar-refractivity contribution is 0.101. The SMILES string of the molecule is COCCn1cccc1C(=O)Nc1cccc(F)n1. The molecule has 2 aromatic heterocycles. The molecule has 6 heteroatoms. The van der Waals surface area contributed by atoms with Gasteiger partial charge in [-0.1, -0.05) is 6.07 Å². The van der Waals surface area contributed by atoms with Crippen LogP contribution in [0.1, 0.15) is 10.5 Å². The van der Waals surface area contributed by atoms with Crippen LogP contribution in [0.2, 0.25) is 0 Å². The number of pyridine rings is 1. The number of hydrogen-bond acceptors (Lipinski definition) is 3. The Morgan fingerprint density at radius 3 is 3.00 bits per heavy atom. The monoisotopic (exact) mass is 263 g/mol. The average Bonchev–Trinajstić information content (AvgIpc) is 2.84. The Morgan fingerprint density at radius 1 is 1.42 bits per heavy atom. The van der Waals surface area contributed by atoms with E-state index in [0.29, 0.717) is 18.8 Å². The molecule has 2 aromatic rings. The van der Waals surface area contributed by atoms with Crippen molar-refractivity contribution in [2.45, 2.75) is 6.54 Å². The molecule has 0 bridgehead atoms. The molecule has 0 aliphatic heterocycles. The molecule has 0 aliphatic rings. The van der Waals surface area contributed by atoms with E-state index in [-0.39, 0.29) is 11.7 Å². The van der Waals surface area contributed by atoms with Crippen molar-refractivity contribution < 1.29 is 13.9 Å². The van der Waals surface area contributed by atoms with Crippen LogP contribution in [0.4, 0.5) is 10.2 Å². The highest BCUT2D eigenvalue weighted by molar-refractivity contribution is 6.02. The number of nitrogens with one attached hydrogen (secondary N) is 1. The van der Waals surface area contributed by atoms with E-state index in [2.05, 4.69) is 10.3 Å². The zero-order valence-corrected chi connectivity index (χ0v) is 10.5. The van der Waals surface area contributed by atoms with E-state index in [1.54, 1.807) is 30.0 Å². The number of ether oxygens (including phenoxy) is 1. The highest BCUT2D eigenvalue weighted by Gasteiger charge is 2.11. The van der Waals surface area contributed by atoms with Gasteiger partial charge in [0.05, 0.1) is 6.61 Å². The molecule has 0 aliphatic carbocycles. The van der Waals surface area contributed by atoms with Gasteiger partial charge in [-0.15, -0.1) is 0 Å². The molecule has 100 valence electrons. The maximum Gasteiger partial charge on any atom is 0.273 e. The van der Waals surface area contributed by atoms with E-state index in [1.165, 1.54) is 18.2 Å². The van der Waals surface area contributed by atoms with Crippen LogP contribution in [-0.4, -0.2) is 29.2 Å². The predicted octanol–water partition coefficient (Wildman–Crippen LogP) is 1.92. The zero-order valence-electron chi connectivity index (χ0n) is 10.5. The smallest absolute Gasteiger partial charge is 0.273 e. The third kappa shape index (κ3) is 3.38. The molecule has 2 rings (SSSR count). The van der Waals surface area contributed by atoms with Gasteiger partial charge in [-0.2, -0.15) is 4.39 Å². The minimum atomic E-state index is -0.632. The Morgan fingerprint density at radius 2 is 2.26 bits per heavy atom. The summed E-state index contributed by atoms with van der Waals surface area (Å²) in [6.07, 6.45) is 1.78. The van der Waals surface area contributed by atoms with E-state index < -0.39 is 5.95 Å². The Balaban J connectivity index is 2.09. The molecule has 0 spiro atoms. The molecule has 2 heterocycles. The van der Waals surface area contributed by atoms with Crippen LogP contribution in [0.25, 0.3) is 0 Å². The quantitative estimate of drug-likeness (QED) is 0.838. The van der Waals surface area contributed by atoms with E-state index >= 15 is 0 Å². The minimum Gasteiger partial charge on any atom is -0.383 e. The van der Waals surface area contributed by atoms with Gasteiger partial charge >= 0.3 is 0 Å². The van der Waals surface area contributed by atoms with Crippen molar-refractivity contribution in [3.05, 3.63) is 48.2 Å². The summed E-state index contributed by atoms with van der Waals surface area (Å²) in [7, 11) is 1.60. The van der Waals surface area contributed by atoms with Crippen LogP contribution in [0.15, 0.2) is 36.5 Å². The lowest BCUT2D eigenvalue weighted by Crippen LogP contribution is -2.18. The summed E-state index contributed by atoms with van der Waals surface area (Å²) >= 11 is 0. The Hall–Kier alpha value is -2.21. The molecular formula is C13H14FN3O2. The molecule has 0 unspecified atom stereocenters. The average molecular weight is 263 g/mol. The van der Waals surface area contributed by atoms with Crippen molar-refractivity contribution >= 4 is 11.7 Å². The van der Waals surface area contributed by atoms with Crippen LogP contribution in [0, 0.1) is 5.95 Å². The van der Waals surface area contributed by atoms with Gasteiger partial charge in [0.2, 0.25) is 5.95 Å². The van der Waals surface area contributed by atoms with Crippen LogP contribution in [0.3, 0.4) is 0 Å². The molecule has 0 aromatic carbocycles.